The maximum absolute atomic E-state index is 12.6. The van der Waals surface area contributed by atoms with Crippen LogP contribution in [0.2, 0.25) is 0 Å². The molecule has 4 aromatic carbocycles. The van der Waals surface area contributed by atoms with Crippen molar-refractivity contribution in [2.45, 2.75) is 25.7 Å². The highest BCUT2D eigenvalue weighted by Gasteiger charge is 2.20. The summed E-state index contributed by atoms with van der Waals surface area (Å²) in [5.74, 6) is -3.69. The van der Waals surface area contributed by atoms with Crippen LogP contribution in [0.3, 0.4) is 0 Å². The number of benzene rings is 4. The van der Waals surface area contributed by atoms with E-state index in [0.717, 1.165) is 35.4 Å². The molecule has 0 aliphatic heterocycles. The van der Waals surface area contributed by atoms with Gasteiger partial charge in [0.05, 0.1) is 23.8 Å². The molecular weight excluding hydrogens is 572 g/mol. The summed E-state index contributed by atoms with van der Waals surface area (Å²) in [5, 5.41) is 41.2. The van der Waals surface area contributed by atoms with Crippen molar-refractivity contribution in [3.05, 3.63) is 107 Å². The third-order valence-electron chi connectivity index (χ3n) is 6.43. The van der Waals surface area contributed by atoms with Gasteiger partial charge in [-0.1, -0.05) is 60.7 Å². The summed E-state index contributed by atoms with van der Waals surface area (Å²) in [6, 6.07) is 22.8. The maximum atomic E-state index is 12.6. The Morgan fingerprint density at radius 3 is 1.45 bits per heavy atom. The van der Waals surface area contributed by atoms with E-state index in [0.29, 0.717) is 0 Å². The van der Waals surface area contributed by atoms with Crippen LogP contribution in [0.4, 0.5) is 0 Å². The van der Waals surface area contributed by atoms with Gasteiger partial charge in [-0.3, -0.25) is 0 Å². The molecule has 1 atom stereocenters. The maximum Gasteiger partial charge on any atom is 0.338 e. The quantitative estimate of drug-likeness (QED) is 0.142. The molecule has 0 saturated carbocycles. The van der Waals surface area contributed by atoms with E-state index in [-0.39, 0.29) is 55.5 Å². The van der Waals surface area contributed by atoms with Gasteiger partial charge in [-0.05, 0) is 35.4 Å². The van der Waals surface area contributed by atoms with Gasteiger partial charge in [-0.2, -0.15) is 0 Å². The summed E-state index contributed by atoms with van der Waals surface area (Å²) >= 11 is 0. The molecule has 11 nitrogen and oxygen atoms in total. The van der Waals surface area contributed by atoms with Crippen molar-refractivity contribution >= 4 is 11.9 Å². The molecule has 0 radical (unpaired) electrons. The zero-order chi connectivity index (χ0) is 31.5. The second kappa shape index (κ2) is 15.2. The Hall–Kier alpha value is -5.42. The van der Waals surface area contributed by atoms with Gasteiger partial charge in [-0.25, -0.2) is 9.59 Å². The Bertz CT molecular complexity index is 1510. The molecule has 0 saturated heterocycles. The molecule has 0 heterocycles. The van der Waals surface area contributed by atoms with Gasteiger partial charge >= 0.3 is 11.9 Å². The van der Waals surface area contributed by atoms with Crippen molar-refractivity contribution in [2.24, 2.45) is 0 Å². The van der Waals surface area contributed by atoms with Crippen LogP contribution in [-0.2, 0) is 27.4 Å². The normalized spacial score (nSPS) is 11.4. The summed E-state index contributed by atoms with van der Waals surface area (Å²) in [5.41, 5.74) is 1.45. The Kier molecular flexibility index (Phi) is 10.9. The molecule has 0 bridgehead atoms. The molecule has 0 fully saturated rings. The first kappa shape index (κ1) is 31.5. The molecule has 11 heteroatoms. The van der Waals surface area contributed by atoms with Crippen molar-refractivity contribution < 1.29 is 53.7 Å². The van der Waals surface area contributed by atoms with Crippen LogP contribution < -0.4 is 9.47 Å². The predicted octanol–water partition coefficient (Wildman–Crippen LogP) is 5.09. The first-order valence-electron chi connectivity index (χ1n) is 13.6. The minimum absolute atomic E-state index is 0.0942. The Labute approximate surface area is 253 Å². The van der Waals surface area contributed by atoms with E-state index in [9.17, 15) is 30.0 Å². The first-order valence-corrected chi connectivity index (χ1v) is 13.6. The number of aromatic hydroxyl groups is 4. The fourth-order valence-corrected chi connectivity index (χ4v) is 4.08. The van der Waals surface area contributed by atoms with Crippen molar-refractivity contribution in [2.75, 3.05) is 20.3 Å². The number of carbonyl (C=O) groups excluding carboxylic acids is 2. The van der Waals surface area contributed by atoms with Crippen LogP contribution in [0.15, 0.2) is 84.9 Å². The smallest absolute Gasteiger partial charge is 0.338 e. The zero-order valence-electron chi connectivity index (χ0n) is 23.8. The lowest BCUT2D eigenvalue weighted by Gasteiger charge is -2.16. The molecular formula is C33H32O11. The lowest BCUT2D eigenvalue weighted by Crippen LogP contribution is -2.23. The van der Waals surface area contributed by atoms with Gasteiger partial charge in [0.1, 0.15) is 19.8 Å². The van der Waals surface area contributed by atoms with E-state index in [4.69, 9.17) is 23.7 Å². The Balaban J connectivity index is 1.24. The SMILES string of the molecule is CO[C@H](CCOC(=O)c1cc(O)c(OCc2ccccc2)c(O)c1)COC(=O)c1cc(O)c(OCc2ccccc2)c(O)c1. The van der Waals surface area contributed by atoms with Gasteiger partial charge in [-0.15, -0.1) is 0 Å². The lowest BCUT2D eigenvalue weighted by molar-refractivity contribution is -0.00255. The average Bonchev–Trinajstić information content (AvgIpc) is 3.02. The molecule has 44 heavy (non-hydrogen) atoms. The summed E-state index contributed by atoms with van der Waals surface area (Å²) in [6.45, 7) is -0.137. The van der Waals surface area contributed by atoms with Crippen LogP contribution in [0.25, 0.3) is 0 Å². The predicted molar refractivity (Wildman–Crippen MR) is 157 cm³/mol. The number of methoxy groups -OCH3 is 1. The van der Waals surface area contributed by atoms with E-state index in [1.54, 1.807) is 0 Å². The highest BCUT2D eigenvalue weighted by Crippen LogP contribution is 2.39. The number of carbonyl (C=O) groups is 2. The molecule has 0 aliphatic carbocycles. The molecule has 4 rings (SSSR count). The molecule has 0 unspecified atom stereocenters. The number of phenolic OH excluding ortho intramolecular Hbond substituents is 4. The number of hydrogen-bond donors (Lipinski definition) is 4. The molecule has 0 aliphatic rings. The highest BCUT2D eigenvalue weighted by molar-refractivity contribution is 5.91. The van der Waals surface area contributed by atoms with Crippen molar-refractivity contribution in [1.29, 1.82) is 0 Å². The van der Waals surface area contributed by atoms with E-state index < -0.39 is 41.0 Å². The molecule has 4 N–H and O–H groups in total. The first-order chi connectivity index (χ1) is 21.2. The van der Waals surface area contributed by atoms with Crippen LogP contribution in [0, 0.1) is 0 Å². The summed E-state index contributed by atoms with van der Waals surface area (Å²) in [6.07, 6.45) is -0.507. The zero-order valence-corrected chi connectivity index (χ0v) is 23.8. The van der Waals surface area contributed by atoms with Crippen LogP contribution >= 0.6 is 0 Å². The number of phenols is 4. The third kappa shape index (κ3) is 8.55. The van der Waals surface area contributed by atoms with E-state index >= 15 is 0 Å². The van der Waals surface area contributed by atoms with Crippen LogP contribution in [-0.4, -0.2) is 58.8 Å². The number of esters is 2. The fourth-order valence-electron chi connectivity index (χ4n) is 4.08. The van der Waals surface area contributed by atoms with Crippen molar-refractivity contribution in [3.8, 4) is 34.5 Å². The van der Waals surface area contributed by atoms with E-state index in [1.807, 2.05) is 60.7 Å². The van der Waals surface area contributed by atoms with Gasteiger partial charge in [0.15, 0.2) is 23.0 Å². The number of rotatable bonds is 14. The second-order valence-electron chi connectivity index (χ2n) is 9.62. The topological polar surface area (TPSA) is 161 Å². The van der Waals surface area contributed by atoms with Gasteiger partial charge in [0, 0.05) is 13.5 Å². The largest absolute Gasteiger partial charge is 0.504 e. The molecule has 0 aromatic heterocycles. The van der Waals surface area contributed by atoms with Gasteiger partial charge in [0.25, 0.3) is 0 Å². The minimum atomic E-state index is -0.829. The fraction of sp³-hybridized carbons (Fsp3) is 0.212. The monoisotopic (exact) mass is 604 g/mol. The van der Waals surface area contributed by atoms with Crippen molar-refractivity contribution in [3.63, 3.8) is 0 Å². The molecule has 230 valence electrons. The van der Waals surface area contributed by atoms with Gasteiger partial charge < -0.3 is 44.1 Å². The average molecular weight is 605 g/mol. The van der Waals surface area contributed by atoms with Crippen LogP contribution in [0.5, 0.6) is 34.5 Å². The van der Waals surface area contributed by atoms with E-state index in [2.05, 4.69) is 0 Å². The Morgan fingerprint density at radius 1 is 0.636 bits per heavy atom. The summed E-state index contributed by atoms with van der Waals surface area (Å²) in [4.78, 5) is 25.1. The molecule has 4 aromatic rings. The standard InChI is InChI=1S/C33H32O11/c1-40-25(20-44-33(39)24-16-28(36)31(29(37)17-24)43-19-22-10-6-3-7-11-22)12-13-41-32(38)23-14-26(34)30(27(35)15-23)42-18-21-8-4-2-5-9-21/h2-11,14-17,25,34-37H,12-13,18-20H2,1H3/t25-/m1/s1. The molecule has 0 spiro atoms. The Morgan fingerprint density at radius 2 is 1.05 bits per heavy atom. The molecule has 0 amide bonds. The van der Waals surface area contributed by atoms with Crippen molar-refractivity contribution in [1.82, 2.24) is 0 Å². The summed E-state index contributed by atoms with van der Waals surface area (Å²) < 4.78 is 26.8. The number of hydrogen-bond acceptors (Lipinski definition) is 11. The van der Waals surface area contributed by atoms with Gasteiger partial charge in [0.2, 0.25) is 11.5 Å². The number of ether oxygens (including phenoxy) is 5. The third-order valence-corrected chi connectivity index (χ3v) is 6.43. The lowest BCUT2D eigenvalue weighted by atomic mass is 10.1. The van der Waals surface area contributed by atoms with Crippen LogP contribution in [0.1, 0.15) is 38.3 Å². The highest BCUT2D eigenvalue weighted by atomic mass is 16.6. The second-order valence-corrected chi connectivity index (χ2v) is 9.62. The van der Waals surface area contributed by atoms with E-state index in [1.165, 1.54) is 7.11 Å². The minimum Gasteiger partial charge on any atom is -0.504 e. The summed E-state index contributed by atoms with van der Waals surface area (Å²) in [7, 11) is 1.39.